The van der Waals surface area contributed by atoms with Crippen molar-refractivity contribution in [2.45, 2.75) is 31.8 Å². The Kier molecular flexibility index (Phi) is 4.77. The molecule has 0 radical (unpaired) electrons. The van der Waals surface area contributed by atoms with Gasteiger partial charge < -0.3 is 5.32 Å². The van der Waals surface area contributed by atoms with Gasteiger partial charge >= 0.3 is 6.03 Å². The van der Waals surface area contributed by atoms with Crippen LogP contribution in [-0.4, -0.2) is 22.4 Å². The van der Waals surface area contributed by atoms with E-state index >= 15 is 0 Å². The first-order valence-electron chi connectivity index (χ1n) is 8.02. The molecule has 1 aliphatic heterocycles. The third-order valence-electron chi connectivity index (χ3n) is 4.48. The Balaban J connectivity index is 1.75. The maximum atomic E-state index is 14.0. The number of halogens is 2. The summed E-state index contributed by atoms with van der Waals surface area (Å²) in [7, 11) is 0. The molecule has 0 aliphatic carbocycles. The zero-order chi connectivity index (χ0) is 18.0. The van der Waals surface area contributed by atoms with Crippen molar-refractivity contribution in [3.63, 3.8) is 0 Å². The second-order valence-corrected chi connectivity index (χ2v) is 6.75. The third kappa shape index (κ3) is 3.51. The minimum atomic E-state index is -1.01. The molecular weight excluding hydrogens is 343 g/mol. The number of amides is 3. The molecule has 130 valence electrons. The minimum absolute atomic E-state index is 0.139. The quantitative estimate of drug-likeness (QED) is 0.821. The first-order valence-corrected chi connectivity index (χ1v) is 8.39. The standard InChI is InChI=1S/C19H18ClFN2O2/c1-19(11-10-13-6-3-2-4-7-13)17(24)23(18(25)22-19)12-14-15(20)8-5-9-16(14)21/h2-9H,10-12H2,1H3,(H,22,25)/t19-/m0/s1. The van der Waals surface area contributed by atoms with Gasteiger partial charge in [-0.05, 0) is 37.5 Å². The van der Waals surface area contributed by atoms with Crippen LogP contribution in [-0.2, 0) is 17.8 Å². The fourth-order valence-electron chi connectivity index (χ4n) is 2.94. The fraction of sp³-hybridized carbons (Fsp3) is 0.263. The molecule has 0 bridgehead atoms. The van der Waals surface area contributed by atoms with Crippen LogP contribution in [0.3, 0.4) is 0 Å². The van der Waals surface area contributed by atoms with Crippen molar-refractivity contribution >= 4 is 23.5 Å². The van der Waals surface area contributed by atoms with E-state index in [0.717, 1.165) is 10.5 Å². The number of carbonyl (C=O) groups excluding carboxylic acids is 2. The van der Waals surface area contributed by atoms with Crippen molar-refractivity contribution in [1.82, 2.24) is 10.2 Å². The van der Waals surface area contributed by atoms with Gasteiger partial charge in [0.15, 0.2) is 0 Å². The molecule has 2 aromatic carbocycles. The highest BCUT2D eigenvalue weighted by Crippen LogP contribution is 2.27. The van der Waals surface area contributed by atoms with E-state index in [1.807, 2.05) is 30.3 Å². The van der Waals surface area contributed by atoms with Gasteiger partial charge in [-0.2, -0.15) is 0 Å². The average molecular weight is 361 g/mol. The third-order valence-corrected chi connectivity index (χ3v) is 4.83. The van der Waals surface area contributed by atoms with E-state index in [1.165, 1.54) is 18.2 Å². The Hall–Kier alpha value is -2.40. The van der Waals surface area contributed by atoms with E-state index in [0.29, 0.717) is 12.8 Å². The molecule has 0 unspecified atom stereocenters. The van der Waals surface area contributed by atoms with Crippen LogP contribution in [0.2, 0.25) is 5.02 Å². The Morgan fingerprint density at radius 3 is 2.52 bits per heavy atom. The van der Waals surface area contributed by atoms with Gasteiger partial charge in [0.1, 0.15) is 11.4 Å². The lowest BCUT2D eigenvalue weighted by Crippen LogP contribution is -2.44. The molecule has 0 saturated carbocycles. The predicted molar refractivity (Wildman–Crippen MR) is 93.7 cm³/mol. The fourth-order valence-corrected chi connectivity index (χ4v) is 3.16. The molecule has 3 rings (SSSR count). The highest BCUT2D eigenvalue weighted by Gasteiger charge is 2.47. The molecule has 1 aliphatic rings. The SMILES string of the molecule is C[C@@]1(CCc2ccccc2)NC(=O)N(Cc2c(F)cccc2Cl)C1=O. The maximum Gasteiger partial charge on any atom is 0.325 e. The number of urea groups is 1. The van der Waals surface area contributed by atoms with Gasteiger partial charge in [0.2, 0.25) is 0 Å². The van der Waals surface area contributed by atoms with E-state index in [1.54, 1.807) is 6.92 Å². The molecule has 1 heterocycles. The second kappa shape index (κ2) is 6.84. The summed E-state index contributed by atoms with van der Waals surface area (Å²) in [4.78, 5) is 26.1. The van der Waals surface area contributed by atoms with Crippen LogP contribution >= 0.6 is 11.6 Å². The van der Waals surface area contributed by atoms with Crippen molar-refractivity contribution in [3.8, 4) is 0 Å². The van der Waals surface area contributed by atoms with Gasteiger partial charge in [-0.1, -0.05) is 48.0 Å². The van der Waals surface area contributed by atoms with Crippen molar-refractivity contribution in [2.24, 2.45) is 0 Å². The molecule has 1 saturated heterocycles. The first kappa shape index (κ1) is 17.4. The monoisotopic (exact) mass is 360 g/mol. The normalized spacial score (nSPS) is 20.0. The Labute approximate surface area is 150 Å². The summed E-state index contributed by atoms with van der Waals surface area (Å²) in [5.74, 6) is -0.904. The van der Waals surface area contributed by atoms with Gasteiger partial charge in [0.25, 0.3) is 5.91 Å². The predicted octanol–water partition coefficient (Wildman–Crippen LogP) is 3.92. The number of aryl methyl sites for hydroxylation is 1. The lowest BCUT2D eigenvalue weighted by molar-refractivity contribution is -0.131. The number of rotatable bonds is 5. The van der Waals surface area contributed by atoms with E-state index < -0.39 is 17.4 Å². The number of hydrogen-bond acceptors (Lipinski definition) is 2. The zero-order valence-corrected chi connectivity index (χ0v) is 14.5. The summed E-state index contributed by atoms with van der Waals surface area (Å²) in [5, 5.41) is 2.92. The minimum Gasteiger partial charge on any atom is -0.323 e. The smallest absolute Gasteiger partial charge is 0.323 e. The number of hydrogen-bond donors (Lipinski definition) is 1. The molecule has 0 spiro atoms. The lowest BCUT2D eigenvalue weighted by atomic mass is 9.93. The maximum absolute atomic E-state index is 14.0. The summed E-state index contributed by atoms with van der Waals surface area (Å²) >= 11 is 6.01. The zero-order valence-electron chi connectivity index (χ0n) is 13.8. The number of carbonyl (C=O) groups is 2. The van der Waals surface area contributed by atoms with Gasteiger partial charge in [0, 0.05) is 10.6 Å². The summed E-state index contributed by atoms with van der Waals surface area (Å²) in [6, 6.07) is 13.5. The molecule has 4 nitrogen and oxygen atoms in total. The van der Waals surface area contributed by atoms with E-state index in [9.17, 15) is 14.0 Å². The molecule has 6 heteroatoms. The molecule has 1 atom stereocenters. The van der Waals surface area contributed by atoms with Crippen LogP contribution in [0.5, 0.6) is 0 Å². The van der Waals surface area contributed by atoms with E-state index in [-0.39, 0.29) is 23.0 Å². The van der Waals surface area contributed by atoms with Crippen LogP contribution in [0.1, 0.15) is 24.5 Å². The Morgan fingerprint density at radius 1 is 1.12 bits per heavy atom. The first-order chi connectivity index (χ1) is 11.9. The molecular formula is C19H18ClFN2O2. The van der Waals surface area contributed by atoms with Crippen LogP contribution in [0, 0.1) is 5.82 Å². The molecule has 1 fully saturated rings. The number of nitrogens with one attached hydrogen (secondary N) is 1. The topological polar surface area (TPSA) is 49.4 Å². The Bertz CT molecular complexity index is 792. The lowest BCUT2D eigenvalue weighted by Gasteiger charge is -2.22. The highest BCUT2D eigenvalue weighted by atomic mass is 35.5. The molecule has 1 N–H and O–H groups in total. The van der Waals surface area contributed by atoms with Gasteiger partial charge in [-0.3, -0.25) is 9.69 Å². The largest absolute Gasteiger partial charge is 0.325 e. The summed E-state index contributed by atoms with van der Waals surface area (Å²) in [6.07, 6.45) is 1.11. The Morgan fingerprint density at radius 2 is 1.84 bits per heavy atom. The van der Waals surface area contributed by atoms with Crippen LogP contribution in [0.4, 0.5) is 9.18 Å². The highest BCUT2D eigenvalue weighted by molar-refractivity contribution is 6.31. The number of nitrogens with zero attached hydrogens (tertiary/aromatic N) is 1. The van der Waals surface area contributed by atoms with Crippen molar-refractivity contribution in [3.05, 3.63) is 70.5 Å². The molecule has 3 amide bonds. The van der Waals surface area contributed by atoms with E-state index in [2.05, 4.69) is 5.32 Å². The van der Waals surface area contributed by atoms with Crippen molar-refractivity contribution < 1.29 is 14.0 Å². The molecule has 25 heavy (non-hydrogen) atoms. The van der Waals surface area contributed by atoms with Crippen molar-refractivity contribution in [1.29, 1.82) is 0 Å². The number of benzene rings is 2. The summed E-state index contributed by atoms with van der Waals surface area (Å²) in [5.41, 5.74) is 0.214. The van der Waals surface area contributed by atoms with Gasteiger partial charge in [-0.15, -0.1) is 0 Å². The summed E-state index contributed by atoms with van der Waals surface area (Å²) in [6.45, 7) is 1.51. The van der Waals surface area contributed by atoms with E-state index in [4.69, 9.17) is 11.6 Å². The van der Waals surface area contributed by atoms with Crippen molar-refractivity contribution in [2.75, 3.05) is 0 Å². The summed E-state index contributed by atoms with van der Waals surface area (Å²) < 4.78 is 14.0. The number of imide groups is 1. The molecule has 2 aromatic rings. The second-order valence-electron chi connectivity index (χ2n) is 6.34. The van der Waals surface area contributed by atoms with Crippen LogP contribution < -0.4 is 5.32 Å². The van der Waals surface area contributed by atoms with Crippen LogP contribution in [0.15, 0.2) is 48.5 Å². The average Bonchev–Trinajstić information content (AvgIpc) is 2.80. The van der Waals surface area contributed by atoms with Gasteiger partial charge in [-0.25, -0.2) is 9.18 Å². The van der Waals surface area contributed by atoms with Crippen LogP contribution in [0.25, 0.3) is 0 Å². The van der Waals surface area contributed by atoms with Gasteiger partial charge in [0.05, 0.1) is 6.54 Å². The molecule has 0 aromatic heterocycles.